The number of thioether (sulfide) groups is 1. The number of nitrogens with zero attached hydrogens (tertiary/aromatic N) is 2. The average Bonchev–Trinajstić information content (AvgIpc) is 3.25. The van der Waals surface area contributed by atoms with E-state index >= 15 is 0 Å². The molecule has 0 atom stereocenters. The first-order valence-corrected chi connectivity index (χ1v) is 9.52. The van der Waals surface area contributed by atoms with Crippen LogP contribution in [0.1, 0.15) is 10.4 Å². The van der Waals surface area contributed by atoms with E-state index in [1.807, 2.05) is 0 Å². The Kier molecular flexibility index (Phi) is 6.61. The molecule has 1 aromatic heterocycles. The fourth-order valence-electron chi connectivity index (χ4n) is 2.57. The summed E-state index contributed by atoms with van der Waals surface area (Å²) in [7, 11) is 6.19. The summed E-state index contributed by atoms with van der Waals surface area (Å²) >= 11 is 1.16. The van der Waals surface area contributed by atoms with Gasteiger partial charge in [0.2, 0.25) is 0 Å². The average molecular weight is 416 g/mol. The van der Waals surface area contributed by atoms with Crippen LogP contribution in [0.4, 0.5) is 0 Å². The lowest BCUT2D eigenvalue weighted by atomic mass is 10.1. The SMILES string of the molecule is COc1ccc(-c2nnc(SCC(=O)c3ccc(OC)c(OC)c3)o2)c(OC)c1. The number of hydrogen-bond acceptors (Lipinski definition) is 9. The molecule has 0 aliphatic heterocycles. The summed E-state index contributed by atoms with van der Waals surface area (Å²) in [5, 5.41) is 8.33. The minimum atomic E-state index is -0.0993. The number of Topliss-reactive ketones (excluding diaryl/α,β-unsaturated/α-hetero) is 1. The van der Waals surface area contributed by atoms with Crippen molar-refractivity contribution < 1.29 is 28.2 Å². The van der Waals surface area contributed by atoms with Crippen LogP contribution >= 0.6 is 11.8 Å². The maximum absolute atomic E-state index is 12.5. The molecule has 0 radical (unpaired) electrons. The van der Waals surface area contributed by atoms with Crippen LogP contribution < -0.4 is 18.9 Å². The van der Waals surface area contributed by atoms with E-state index in [-0.39, 0.29) is 16.8 Å². The standard InChI is InChI=1S/C20H20N2O6S/c1-24-13-6-7-14(17(10-13)26-3)19-21-22-20(28-19)29-11-15(23)12-5-8-16(25-2)18(9-12)27-4/h5-10H,11H2,1-4H3. The number of ketones is 1. The molecule has 0 bridgehead atoms. The lowest BCUT2D eigenvalue weighted by Crippen LogP contribution is -2.03. The van der Waals surface area contributed by atoms with Crippen molar-refractivity contribution in [3.63, 3.8) is 0 Å². The highest BCUT2D eigenvalue weighted by Gasteiger charge is 2.17. The molecule has 152 valence electrons. The Morgan fingerprint density at radius 2 is 1.66 bits per heavy atom. The van der Waals surface area contributed by atoms with E-state index in [0.29, 0.717) is 40.0 Å². The predicted octanol–water partition coefficient (Wildman–Crippen LogP) is 3.75. The molecule has 3 aromatic rings. The van der Waals surface area contributed by atoms with Crippen LogP contribution in [0.25, 0.3) is 11.5 Å². The van der Waals surface area contributed by atoms with Crippen LogP contribution in [0.15, 0.2) is 46.0 Å². The highest BCUT2D eigenvalue weighted by Crippen LogP contribution is 2.34. The van der Waals surface area contributed by atoms with Crippen molar-refractivity contribution in [2.75, 3.05) is 34.2 Å². The molecular formula is C20H20N2O6S. The molecule has 0 aliphatic rings. The predicted molar refractivity (Wildman–Crippen MR) is 107 cm³/mol. The van der Waals surface area contributed by atoms with Gasteiger partial charge in [-0.1, -0.05) is 11.8 Å². The normalized spacial score (nSPS) is 10.5. The number of benzene rings is 2. The molecule has 29 heavy (non-hydrogen) atoms. The quantitative estimate of drug-likeness (QED) is 0.382. The maximum atomic E-state index is 12.5. The van der Waals surface area contributed by atoms with Gasteiger partial charge in [0.05, 0.1) is 39.8 Å². The molecule has 0 unspecified atom stereocenters. The van der Waals surface area contributed by atoms with Gasteiger partial charge < -0.3 is 23.4 Å². The van der Waals surface area contributed by atoms with Crippen LogP contribution in [-0.4, -0.2) is 50.2 Å². The Hall–Kier alpha value is -3.20. The first-order chi connectivity index (χ1) is 14.1. The molecule has 2 aromatic carbocycles. The third-order valence-electron chi connectivity index (χ3n) is 4.08. The molecule has 0 saturated heterocycles. The minimum Gasteiger partial charge on any atom is -0.497 e. The number of methoxy groups -OCH3 is 4. The van der Waals surface area contributed by atoms with E-state index in [4.69, 9.17) is 23.4 Å². The second kappa shape index (κ2) is 9.33. The lowest BCUT2D eigenvalue weighted by molar-refractivity contribution is 0.102. The van der Waals surface area contributed by atoms with Crippen molar-refractivity contribution in [3.8, 4) is 34.5 Å². The molecule has 0 aliphatic carbocycles. The molecule has 0 spiro atoms. The molecular weight excluding hydrogens is 396 g/mol. The third kappa shape index (κ3) is 4.62. The number of hydrogen-bond donors (Lipinski definition) is 0. The highest BCUT2D eigenvalue weighted by atomic mass is 32.2. The number of aromatic nitrogens is 2. The fraction of sp³-hybridized carbons (Fsp3) is 0.250. The summed E-state index contributed by atoms with van der Waals surface area (Å²) < 4.78 is 26.6. The Labute approximate surface area is 172 Å². The van der Waals surface area contributed by atoms with E-state index in [1.54, 1.807) is 57.7 Å². The summed E-state index contributed by atoms with van der Waals surface area (Å²) in [4.78, 5) is 12.5. The van der Waals surface area contributed by atoms with E-state index in [9.17, 15) is 4.79 Å². The molecule has 0 saturated carbocycles. The number of ether oxygens (including phenoxy) is 4. The largest absolute Gasteiger partial charge is 0.497 e. The number of rotatable bonds is 9. The van der Waals surface area contributed by atoms with Gasteiger partial charge in [0.25, 0.3) is 11.1 Å². The van der Waals surface area contributed by atoms with Crippen molar-refractivity contribution in [1.82, 2.24) is 10.2 Å². The van der Waals surface area contributed by atoms with Crippen LogP contribution in [0.5, 0.6) is 23.0 Å². The molecule has 1 heterocycles. The summed E-state index contributed by atoms with van der Waals surface area (Å²) in [6.45, 7) is 0. The summed E-state index contributed by atoms with van der Waals surface area (Å²) in [6, 6.07) is 10.3. The highest BCUT2D eigenvalue weighted by molar-refractivity contribution is 7.99. The van der Waals surface area contributed by atoms with Crippen LogP contribution in [-0.2, 0) is 0 Å². The maximum Gasteiger partial charge on any atom is 0.277 e. The smallest absolute Gasteiger partial charge is 0.277 e. The zero-order valence-electron chi connectivity index (χ0n) is 16.4. The third-order valence-corrected chi connectivity index (χ3v) is 4.90. The molecule has 0 fully saturated rings. The monoisotopic (exact) mass is 416 g/mol. The summed E-state index contributed by atoms with van der Waals surface area (Å²) in [5.41, 5.74) is 1.14. The topological polar surface area (TPSA) is 92.9 Å². The van der Waals surface area contributed by atoms with E-state index < -0.39 is 0 Å². The van der Waals surface area contributed by atoms with Gasteiger partial charge in [-0.2, -0.15) is 0 Å². The van der Waals surface area contributed by atoms with E-state index in [0.717, 1.165) is 11.8 Å². The van der Waals surface area contributed by atoms with Gasteiger partial charge in [-0.05, 0) is 30.3 Å². The van der Waals surface area contributed by atoms with Crippen molar-refractivity contribution >= 4 is 17.5 Å². The van der Waals surface area contributed by atoms with Gasteiger partial charge in [0.1, 0.15) is 11.5 Å². The lowest BCUT2D eigenvalue weighted by Gasteiger charge is -2.08. The van der Waals surface area contributed by atoms with E-state index in [2.05, 4.69) is 10.2 Å². The van der Waals surface area contributed by atoms with Gasteiger partial charge in [-0.15, -0.1) is 10.2 Å². The van der Waals surface area contributed by atoms with Crippen molar-refractivity contribution in [1.29, 1.82) is 0 Å². The molecule has 9 heteroatoms. The van der Waals surface area contributed by atoms with Gasteiger partial charge in [0.15, 0.2) is 17.3 Å². The fourth-order valence-corrected chi connectivity index (χ4v) is 3.23. The summed E-state index contributed by atoms with van der Waals surface area (Å²) in [6.07, 6.45) is 0. The minimum absolute atomic E-state index is 0.0993. The number of carbonyl (C=O) groups is 1. The van der Waals surface area contributed by atoms with Gasteiger partial charge >= 0.3 is 0 Å². The first kappa shape index (κ1) is 20.5. The molecule has 0 amide bonds. The van der Waals surface area contributed by atoms with Gasteiger partial charge in [0, 0.05) is 11.6 Å². The first-order valence-electron chi connectivity index (χ1n) is 8.53. The second-order valence-corrected chi connectivity index (χ2v) is 6.65. The van der Waals surface area contributed by atoms with E-state index in [1.165, 1.54) is 7.11 Å². The Morgan fingerprint density at radius 3 is 2.34 bits per heavy atom. The van der Waals surface area contributed by atoms with Gasteiger partial charge in [-0.3, -0.25) is 4.79 Å². The zero-order chi connectivity index (χ0) is 20.8. The van der Waals surface area contributed by atoms with Crippen LogP contribution in [0.3, 0.4) is 0 Å². The molecule has 8 nitrogen and oxygen atoms in total. The molecule has 3 rings (SSSR count). The second-order valence-electron chi connectivity index (χ2n) is 5.72. The van der Waals surface area contributed by atoms with Crippen LogP contribution in [0, 0.1) is 0 Å². The Bertz CT molecular complexity index is 1000. The van der Waals surface area contributed by atoms with Gasteiger partial charge in [-0.25, -0.2) is 0 Å². The zero-order valence-corrected chi connectivity index (χ0v) is 17.2. The Morgan fingerprint density at radius 1 is 0.897 bits per heavy atom. The van der Waals surface area contributed by atoms with Crippen LogP contribution in [0.2, 0.25) is 0 Å². The molecule has 0 N–H and O–H groups in total. The van der Waals surface area contributed by atoms with Crippen molar-refractivity contribution in [2.45, 2.75) is 5.22 Å². The van der Waals surface area contributed by atoms with Crippen molar-refractivity contribution in [2.24, 2.45) is 0 Å². The Balaban J connectivity index is 1.70. The summed E-state index contributed by atoms with van der Waals surface area (Å²) in [5.74, 6) is 2.59. The van der Waals surface area contributed by atoms with Crippen molar-refractivity contribution in [3.05, 3.63) is 42.0 Å². The number of carbonyl (C=O) groups excluding carboxylic acids is 1.